The number of aliphatic hydroxyl groups excluding tert-OH is 4. The largest absolute Gasteiger partial charge is 0.508 e. The number of carbonyl (C=O) groups is 1. The second-order valence-corrected chi connectivity index (χ2v) is 9.78. The SMILES string of the molecule is CC(C)=CCc1cc(C(=O)Nc2c(O)c3ccc(O[C@@H]4O[C@H](CO)[C@@H](O)[C@H](O)[C@H]4O)c(C)c3oc2=O)ccc1O. The van der Waals surface area contributed by atoms with Crippen molar-refractivity contribution in [1.29, 1.82) is 0 Å². The van der Waals surface area contributed by atoms with Crippen LogP contribution in [-0.4, -0.2) is 73.9 Å². The third-order valence-corrected chi connectivity index (χ3v) is 6.65. The fourth-order valence-electron chi connectivity index (χ4n) is 4.28. The van der Waals surface area contributed by atoms with Crippen LogP contribution in [0.2, 0.25) is 0 Å². The van der Waals surface area contributed by atoms with Crippen LogP contribution in [0.5, 0.6) is 17.2 Å². The Morgan fingerprint density at radius 2 is 1.80 bits per heavy atom. The number of phenolic OH excluding ortho intramolecular Hbond substituents is 1. The Morgan fingerprint density at radius 1 is 1.07 bits per heavy atom. The van der Waals surface area contributed by atoms with Gasteiger partial charge in [-0.2, -0.15) is 0 Å². The van der Waals surface area contributed by atoms with Crippen molar-refractivity contribution < 1.29 is 49.3 Å². The predicted octanol–water partition coefficient (Wildman–Crippen LogP) is 1.45. The number of fused-ring (bicyclic) bond motifs is 1. The van der Waals surface area contributed by atoms with Crippen LogP contribution in [0.25, 0.3) is 11.0 Å². The maximum absolute atomic E-state index is 12.9. The average molecular weight is 558 g/mol. The maximum atomic E-state index is 12.9. The summed E-state index contributed by atoms with van der Waals surface area (Å²) in [5.74, 6) is -1.19. The molecule has 0 unspecified atom stereocenters. The summed E-state index contributed by atoms with van der Waals surface area (Å²) in [7, 11) is 0. The number of phenols is 1. The van der Waals surface area contributed by atoms with E-state index in [2.05, 4.69) is 5.32 Å². The highest BCUT2D eigenvalue weighted by molar-refractivity contribution is 6.06. The van der Waals surface area contributed by atoms with Gasteiger partial charge in [0.15, 0.2) is 11.4 Å². The number of hydrogen-bond donors (Lipinski definition) is 7. The van der Waals surface area contributed by atoms with Gasteiger partial charge in [0.2, 0.25) is 6.29 Å². The van der Waals surface area contributed by atoms with Crippen LogP contribution in [0.3, 0.4) is 0 Å². The molecule has 1 amide bonds. The van der Waals surface area contributed by atoms with E-state index in [0.717, 1.165) is 5.57 Å². The Morgan fingerprint density at radius 3 is 2.48 bits per heavy atom. The van der Waals surface area contributed by atoms with Crippen LogP contribution >= 0.6 is 0 Å². The van der Waals surface area contributed by atoms with E-state index < -0.39 is 60.3 Å². The third kappa shape index (κ3) is 5.67. The first-order valence-corrected chi connectivity index (χ1v) is 12.5. The molecule has 214 valence electrons. The topological polar surface area (TPSA) is 199 Å². The van der Waals surface area contributed by atoms with E-state index in [1.54, 1.807) is 0 Å². The number of benzene rings is 2. The number of aryl methyl sites for hydroxylation is 1. The fourth-order valence-corrected chi connectivity index (χ4v) is 4.28. The minimum absolute atomic E-state index is 0.0133. The molecule has 2 aromatic carbocycles. The molecule has 1 aliphatic rings. The first-order chi connectivity index (χ1) is 18.9. The van der Waals surface area contributed by atoms with Crippen molar-refractivity contribution in [2.24, 2.45) is 0 Å². The molecule has 40 heavy (non-hydrogen) atoms. The molecule has 2 heterocycles. The summed E-state index contributed by atoms with van der Waals surface area (Å²) < 4.78 is 16.4. The Kier molecular flexibility index (Phi) is 8.47. The molecule has 0 saturated carbocycles. The van der Waals surface area contributed by atoms with Crippen LogP contribution in [0.15, 0.2) is 51.2 Å². The summed E-state index contributed by atoms with van der Waals surface area (Å²) >= 11 is 0. The molecule has 1 aliphatic heterocycles. The third-order valence-electron chi connectivity index (χ3n) is 6.65. The van der Waals surface area contributed by atoms with Gasteiger partial charge in [-0.1, -0.05) is 11.6 Å². The van der Waals surface area contributed by atoms with E-state index >= 15 is 0 Å². The number of aliphatic hydroxyl groups is 4. The number of amides is 1. The van der Waals surface area contributed by atoms with Crippen molar-refractivity contribution in [3.05, 3.63) is 69.1 Å². The number of aromatic hydroxyl groups is 2. The smallest absolute Gasteiger partial charge is 0.364 e. The highest BCUT2D eigenvalue weighted by atomic mass is 16.7. The number of anilines is 1. The molecule has 1 aromatic heterocycles. The molecular formula is C28H31NO11. The van der Waals surface area contributed by atoms with Crippen LogP contribution < -0.4 is 15.7 Å². The van der Waals surface area contributed by atoms with E-state index in [9.17, 15) is 40.2 Å². The minimum Gasteiger partial charge on any atom is -0.508 e. The molecular weight excluding hydrogens is 526 g/mol. The number of hydrogen-bond acceptors (Lipinski definition) is 11. The van der Waals surface area contributed by atoms with Crippen molar-refractivity contribution in [2.75, 3.05) is 11.9 Å². The van der Waals surface area contributed by atoms with Crippen molar-refractivity contribution in [1.82, 2.24) is 0 Å². The van der Waals surface area contributed by atoms with E-state index in [0.29, 0.717) is 12.0 Å². The van der Waals surface area contributed by atoms with Crippen LogP contribution in [0.1, 0.15) is 35.3 Å². The molecule has 0 spiro atoms. The summed E-state index contributed by atoms with van der Waals surface area (Å²) in [6.45, 7) is 4.68. The molecule has 4 rings (SSSR count). The summed E-state index contributed by atoms with van der Waals surface area (Å²) in [5.41, 5.74) is 0.302. The first kappa shape index (κ1) is 29.1. The van der Waals surface area contributed by atoms with E-state index in [1.165, 1.54) is 37.3 Å². The molecule has 1 saturated heterocycles. The second kappa shape index (κ2) is 11.7. The minimum atomic E-state index is -1.66. The van der Waals surface area contributed by atoms with Gasteiger partial charge in [0.1, 0.15) is 41.5 Å². The van der Waals surface area contributed by atoms with Gasteiger partial charge >= 0.3 is 5.63 Å². The first-order valence-electron chi connectivity index (χ1n) is 12.5. The Bertz CT molecular complexity index is 1510. The van der Waals surface area contributed by atoms with Crippen LogP contribution in [0, 0.1) is 6.92 Å². The average Bonchev–Trinajstić information content (AvgIpc) is 2.92. The van der Waals surface area contributed by atoms with Crippen molar-refractivity contribution >= 4 is 22.6 Å². The Labute approximate surface area is 228 Å². The summed E-state index contributed by atoms with van der Waals surface area (Å²) in [6, 6.07) is 6.97. The van der Waals surface area contributed by atoms with Gasteiger partial charge in [-0.3, -0.25) is 4.79 Å². The lowest BCUT2D eigenvalue weighted by atomic mass is 9.99. The highest BCUT2D eigenvalue weighted by Gasteiger charge is 2.45. The number of nitrogens with one attached hydrogen (secondary N) is 1. The monoisotopic (exact) mass is 557 g/mol. The zero-order valence-corrected chi connectivity index (χ0v) is 22.0. The normalized spacial score (nSPS) is 22.6. The van der Waals surface area contributed by atoms with Crippen LogP contribution in [0.4, 0.5) is 5.69 Å². The number of ether oxygens (including phenoxy) is 2. The van der Waals surface area contributed by atoms with Gasteiger partial charge < -0.3 is 49.8 Å². The standard InChI is InChI=1S/C28H31NO11/c1-12(2)4-5-14-10-15(6-8-17(14)31)26(36)29-20-21(32)16-7-9-18(13(3)25(16)40-27(20)37)38-28-24(35)23(34)22(33)19(11-30)39-28/h4,6-10,19,22-24,28,30-35H,5,11H2,1-3H3,(H,29,36)/t19-,22-,23+,24-,28-/m1/s1. The van der Waals surface area contributed by atoms with Gasteiger partial charge in [-0.15, -0.1) is 0 Å². The number of carbonyl (C=O) groups excluding carboxylic acids is 1. The zero-order valence-electron chi connectivity index (χ0n) is 22.0. The summed E-state index contributed by atoms with van der Waals surface area (Å²) in [6.07, 6.45) is -5.25. The summed E-state index contributed by atoms with van der Waals surface area (Å²) in [4.78, 5) is 25.7. The van der Waals surface area contributed by atoms with Gasteiger partial charge in [-0.25, -0.2) is 4.79 Å². The summed E-state index contributed by atoms with van der Waals surface area (Å²) in [5, 5.41) is 63.0. The van der Waals surface area contributed by atoms with Gasteiger partial charge in [-0.05, 0) is 63.1 Å². The molecule has 0 aliphatic carbocycles. The van der Waals surface area contributed by atoms with Gasteiger partial charge in [0.05, 0.1) is 12.0 Å². The second-order valence-electron chi connectivity index (χ2n) is 9.78. The quantitative estimate of drug-likeness (QED) is 0.164. The van der Waals surface area contributed by atoms with E-state index in [-0.39, 0.29) is 33.6 Å². The van der Waals surface area contributed by atoms with E-state index in [4.69, 9.17) is 13.9 Å². The molecule has 5 atom stereocenters. The fraction of sp³-hybridized carbons (Fsp3) is 0.357. The maximum Gasteiger partial charge on any atom is 0.364 e. The lowest BCUT2D eigenvalue weighted by Gasteiger charge is -2.39. The van der Waals surface area contributed by atoms with Gasteiger partial charge in [0, 0.05) is 11.1 Å². The molecule has 0 bridgehead atoms. The van der Waals surface area contributed by atoms with Crippen molar-refractivity contribution in [3.63, 3.8) is 0 Å². The molecule has 3 aromatic rings. The molecule has 1 fully saturated rings. The lowest BCUT2D eigenvalue weighted by Crippen LogP contribution is -2.60. The molecule has 12 heteroatoms. The highest BCUT2D eigenvalue weighted by Crippen LogP contribution is 2.36. The van der Waals surface area contributed by atoms with Crippen molar-refractivity contribution in [3.8, 4) is 17.2 Å². The predicted molar refractivity (Wildman–Crippen MR) is 142 cm³/mol. The number of allylic oxidation sites excluding steroid dienone is 2. The lowest BCUT2D eigenvalue weighted by molar-refractivity contribution is -0.277. The molecule has 0 radical (unpaired) electrons. The Hall–Kier alpha value is -3.94. The Balaban J connectivity index is 1.62. The molecule has 12 nitrogen and oxygen atoms in total. The van der Waals surface area contributed by atoms with Crippen LogP contribution in [-0.2, 0) is 11.2 Å². The van der Waals surface area contributed by atoms with Crippen molar-refractivity contribution in [2.45, 2.75) is 57.9 Å². The number of rotatable bonds is 7. The van der Waals surface area contributed by atoms with Gasteiger partial charge in [0.25, 0.3) is 5.91 Å². The zero-order chi connectivity index (χ0) is 29.3. The van der Waals surface area contributed by atoms with E-state index in [1.807, 2.05) is 19.9 Å². The molecule has 7 N–H and O–H groups in total.